The van der Waals surface area contributed by atoms with Crippen molar-refractivity contribution in [2.24, 2.45) is 14.1 Å². The minimum absolute atomic E-state index is 0.284. The van der Waals surface area contributed by atoms with E-state index in [4.69, 9.17) is 0 Å². The van der Waals surface area contributed by atoms with Gasteiger partial charge in [0.2, 0.25) is 0 Å². The van der Waals surface area contributed by atoms with E-state index in [1.165, 1.54) is 23.2 Å². The number of benzene rings is 1. The summed E-state index contributed by atoms with van der Waals surface area (Å²) in [5.74, 6) is 0. The zero-order valence-electron chi connectivity index (χ0n) is 12.0. The van der Waals surface area contributed by atoms with Crippen LogP contribution >= 0.6 is 0 Å². The summed E-state index contributed by atoms with van der Waals surface area (Å²) >= 11 is 0. The maximum atomic E-state index is 11.8. The molecule has 1 N–H and O–H groups in total. The number of rotatable bonds is 4. The van der Waals surface area contributed by atoms with Crippen molar-refractivity contribution in [3.8, 4) is 0 Å². The zero-order chi connectivity index (χ0) is 14.7. The molecule has 0 unspecified atom stereocenters. The van der Waals surface area contributed by atoms with E-state index in [0.717, 1.165) is 16.7 Å². The van der Waals surface area contributed by atoms with Crippen LogP contribution in [0.5, 0.6) is 0 Å². The predicted octanol–water partition coefficient (Wildman–Crippen LogP) is 1.26. The van der Waals surface area contributed by atoms with Crippen molar-refractivity contribution in [1.29, 1.82) is 0 Å². The van der Waals surface area contributed by atoms with Gasteiger partial charge in [-0.05, 0) is 18.1 Å². The van der Waals surface area contributed by atoms with Crippen LogP contribution in [-0.2, 0) is 27.1 Å². The van der Waals surface area contributed by atoms with E-state index in [0.29, 0.717) is 12.2 Å². The van der Waals surface area contributed by atoms with E-state index in [9.17, 15) is 9.59 Å². The number of nitrogens with one attached hydrogen (secondary N) is 1. The molecular formula is C15H19N3O2. The van der Waals surface area contributed by atoms with Gasteiger partial charge in [-0.15, -0.1) is 0 Å². The zero-order valence-corrected chi connectivity index (χ0v) is 12.0. The summed E-state index contributed by atoms with van der Waals surface area (Å²) in [4.78, 5) is 23.5. The van der Waals surface area contributed by atoms with Crippen molar-refractivity contribution in [2.45, 2.75) is 19.9 Å². The lowest BCUT2D eigenvalue weighted by atomic mass is 10.1. The van der Waals surface area contributed by atoms with Crippen molar-refractivity contribution < 1.29 is 0 Å². The maximum Gasteiger partial charge on any atom is 0.330 e. The molecule has 0 fully saturated rings. The quantitative estimate of drug-likeness (QED) is 0.912. The second-order valence-electron chi connectivity index (χ2n) is 4.74. The Kier molecular flexibility index (Phi) is 4.08. The molecule has 106 valence electrons. The summed E-state index contributed by atoms with van der Waals surface area (Å²) in [5.41, 5.74) is 2.32. The number of aryl methyl sites for hydroxylation is 1. The lowest BCUT2D eigenvalue weighted by Gasteiger charge is -2.13. The fraction of sp³-hybridized carbons (Fsp3) is 0.333. The highest BCUT2D eigenvalue weighted by Gasteiger charge is 2.06. The summed E-state index contributed by atoms with van der Waals surface area (Å²) in [7, 11) is 3.15. The van der Waals surface area contributed by atoms with E-state index in [1.807, 2.05) is 18.2 Å². The van der Waals surface area contributed by atoms with Crippen LogP contribution in [0.15, 0.2) is 39.9 Å². The van der Waals surface area contributed by atoms with Gasteiger partial charge < -0.3 is 5.32 Å². The van der Waals surface area contributed by atoms with E-state index in [2.05, 4.69) is 18.3 Å². The number of hydrogen-bond acceptors (Lipinski definition) is 3. The first-order valence-electron chi connectivity index (χ1n) is 6.62. The van der Waals surface area contributed by atoms with E-state index < -0.39 is 0 Å². The summed E-state index contributed by atoms with van der Waals surface area (Å²) in [6.45, 7) is 2.54. The second kappa shape index (κ2) is 5.77. The number of hydrogen-bond donors (Lipinski definition) is 1. The Balaban J connectivity index is 2.28. The minimum Gasteiger partial charge on any atom is -0.379 e. The highest BCUT2D eigenvalue weighted by atomic mass is 16.2. The SMILES string of the molecule is CCc1ccccc1NCc1cc(=O)n(C)c(=O)n1C. The fourth-order valence-electron chi connectivity index (χ4n) is 2.13. The molecule has 0 bridgehead atoms. The van der Waals surface area contributed by atoms with Gasteiger partial charge in [-0.1, -0.05) is 25.1 Å². The third kappa shape index (κ3) is 2.66. The normalized spacial score (nSPS) is 10.6. The molecule has 0 aliphatic heterocycles. The van der Waals surface area contributed by atoms with Crippen molar-refractivity contribution in [3.63, 3.8) is 0 Å². The lowest BCUT2D eigenvalue weighted by molar-refractivity contribution is 0.655. The van der Waals surface area contributed by atoms with Crippen LogP contribution in [0.2, 0.25) is 0 Å². The van der Waals surface area contributed by atoms with Gasteiger partial charge in [0.25, 0.3) is 5.56 Å². The van der Waals surface area contributed by atoms with Crippen LogP contribution in [0.3, 0.4) is 0 Å². The molecule has 5 heteroatoms. The first-order chi connectivity index (χ1) is 9.54. The largest absolute Gasteiger partial charge is 0.379 e. The molecule has 2 aromatic rings. The van der Waals surface area contributed by atoms with Crippen LogP contribution in [0.25, 0.3) is 0 Å². The van der Waals surface area contributed by atoms with E-state index in [1.54, 1.807) is 7.05 Å². The first kappa shape index (κ1) is 14.1. The van der Waals surface area contributed by atoms with Crippen molar-refractivity contribution in [3.05, 3.63) is 62.4 Å². The Bertz CT molecular complexity index is 729. The van der Waals surface area contributed by atoms with Crippen molar-refractivity contribution >= 4 is 5.69 Å². The van der Waals surface area contributed by atoms with Gasteiger partial charge in [-0.2, -0.15) is 0 Å². The fourth-order valence-corrected chi connectivity index (χ4v) is 2.13. The van der Waals surface area contributed by atoms with Crippen LogP contribution < -0.4 is 16.6 Å². The van der Waals surface area contributed by atoms with Gasteiger partial charge in [0.05, 0.1) is 6.54 Å². The predicted molar refractivity (Wildman–Crippen MR) is 80.1 cm³/mol. The third-order valence-electron chi connectivity index (χ3n) is 3.48. The molecule has 0 saturated heterocycles. The summed E-state index contributed by atoms with van der Waals surface area (Å²) in [6.07, 6.45) is 0.929. The molecular weight excluding hydrogens is 254 g/mol. The summed E-state index contributed by atoms with van der Waals surface area (Å²) in [5, 5.41) is 3.29. The molecule has 1 aromatic heterocycles. The van der Waals surface area contributed by atoms with Gasteiger partial charge in [0.1, 0.15) is 0 Å². The molecule has 1 heterocycles. The topological polar surface area (TPSA) is 56.0 Å². The molecule has 20 heavy (non-hydrogen) atoms. The molecule has 0 spiro atoms. The second-order valence-corrected chi connectivity index (χ2v) is 4.74. The molecule has 5 nitrogen and oxygen atoms in total. The van der Waals surface area contributed by atoms with Gasteiger partial charge in [-0.25, -0.2) is 4.79 Å². The number of nitrogens with zero attached hydrogens (tertiary/aromatic N) is 2. The van der Waals surface area contributed by atoms with Gasteiger partial charge in [0.15, 0.2) is 0 Å². The van der Waals surface area contributed by atoms with E-state index >= 15 is 0 Å². The highest BCUT2D eigenvalue weighted by Crippen LogP contribution is 2.15. The molecule has 0 saturated carbocycles. The van der Waals surface area contributed by atoms with Crippen LogP contribution in [-0.4, -0.2) is 9.13 Å². The lowest BCUT2D eigenvalue weighted by Crippen LogP contribution is -2.38. The minimum atomic E-state index is -0.307. The molecule has 0 amide bonds. The summed E-state index contributed by atoms with van der Waals surface area (Å²) < 4.78 is 2.59. The molecule has 0 atom stereocenters. The smallest absolute Gasteiger partial charge is 0.330 e. The molecule has 0 aliphatic carbocycles. The monoisotopic (exact) mass is 273 g/mol. The Labute approximate surface area is 117 Å². The van der Waals surface area contributed by atoms with Crippen molar-refractivity contribution in [1.82, 2.24) is 9.13 Å². The van der Waals surface area contributed by atoms with Gasteiger partial charge >= 0.3 is 5.69 Å². The molecule has 0 aliphatic rings. The first-order valence-corrected chi connectivity index (χ1v) is 6.62. The number of aromatic nitrogens is 2. The number of anilines is 1. The van der Waals surface area contributed by atoms with Crippen LogP contribution in [0.4, 0.5) is 5.69 Å². The third-order valence-corrected chi connectivity index (χ3v) is 3.48. The maximum absolute atomic E-state index is 11.8. The Morgan fingerprint density at radius 3 is 2.50 bits per heavy atom. The van der Waals surface area contributed by atoms with Gasteiger partial charge in [-0.3, -0.25) is 13.9 Å². The summed E-state index contributed by atoms with van der Waals surface area (Å²) in [6, 6.07) is 9.51. The average molecular weight is 273 g/mol. The van der Waals surface area contributed by atoms with Crippen molar-refractivity contribution in [2.75, 3.05) is 5.32 Å². The van der Waals surface area contributed by atoms with Crippen LogP contribution in [0.1, 0.15) is 18.2 Å². The van der Waals surface area contributed by atoms with Crippen LogP contribution in [0, 0.1) is 0 Å². The Morgan fingerprint density at radius 1 is 1.10 bits per heavy atom. The molecule has 2 rings (SSSR count). The Morgan fingerprint density at radius 2 is 1.80 bits per heavy atom. The average Bonchev–Trinajstić information content (AvgIpc) is 2.47. The standard InChI is InChI=1S/C15H19N3O2/c1-4-11-7-5-6-8-13(11)16-10-12-9-14(19)18(3)15(20)17(12)2/h5-9,16H,4,10H2,1-3H3. The Hall–Kier alpha value is -2.30. The highest BCUT2D eigenvalue weighted by molar-refractivity contribution is 5.51. The van der Waals surface area contributed by atoms with Gasteiger partial charge in [0, 0.05) is 31.5 Å². The number of para-hydroxylation sites is 1. The molecule has 1 aromatic carbocycles. The van der Waals surface area contributed by atoms with E-state index in [-0.39, 0.29) is 11.2 Å². The molecule has 0 radical (unpaired) electrons.